The molecular formula is C27H29N5O. The lowest BCUT2D eigenvalue weighted by Crippen LogP contribution is -2.31. The zero-order valence-electron chi connectivity index (χ0n) is 19.6. The van der Waals surface area contributed by atoms with E-state index in [4.69, 9.17) is 9.97 Å². The molecule has 1 aliphatic rings. The monoisotopic (exact) mass is 439 g/mol. The predicted molar refractivity (Wildman–Crippen MR) is 132 cm³/mol. The molecule has 1 N–H and O–H groups in total. The first kappa shape index (κ1) is 21.3. The van der Waals surface area contributed by atoms with Gasteiger partial charge in [0.25, 0.3) is 0 Å². The molecule has 0 aliphatic carbocycles. The molecule has 5 rings (SSSR count). The van der Waals surface area contributed by atoms with Gasteiger partial charge in [0.1, 0.15) is 5.82 Å². The van der Waals surface area contributed by atoms with E-state index in [-0.39, 0.29) is 5.78 Å². The van der Waals surface area contributed by atoms with Gasteiger partial charge in [-0.05, 0) is 38.6 Å². The number of rotatable bonds is 5. The van der Waals surface area contributed by atoms with Gasteiger partial charge in [-0.3, -0.25) is 9.36 Å². The van der Waals surface area contributed by atoms with Crippen molar-refractivity contribution >= 4 is 22.5 Å². The second kappa shape index (κ2) is 8.45. The van der Waals surface area contributed by atoms with Crippen molar-refractivity contribution in [3.05, 3.63) is 82.7 Å². The smallest absolute Gasteiger partial charge is 0.236 e. The maximum Gasteiger partial charge on any atom is 0.236 e. The van der Waals surface area contributed by atoms with E-state index < -0.39 is 0 Å². The summed E-state index contributed by atoms with van der Waals surface area (Å²) in [6, 6.07) is 18.3. The van der Waals surface area contributed by atoms with E-state index in [1.807, 2.05) is 31.2 Å². The standard InChI is InChI=1S/C27H29N5O/c1-17-15-31(4)16-23-25(17)29-27(30-26(23)28-14-20-9-6-5-7-10-20)32-18(2)13-22-21(19(3)33)11-8-12-24(22)32/h5-13,17H,14-16H2,1-4H3,(H,28,29,30). The predicted octanol–water partition coefficient (Wildman–Crippen LogP) is 5.09. The number of benzene rings is 2. The molecule has 0 radical (unpaired) electrons. The normalized spacial score (nSPS) is 16.1. The molecule has 0 bridgehead atoms. The Morgan fingerprint density at radius 3 is 2.67 bits per heavy atom. The number of ketones is 1. The molecule has 6 nitrogen and oxygen atoms in total. The molecule has 0 spiro atoms. The van der Waals surface area contributed by atoms with Crippen LogP contribution < -0.4 is 5.32 Å². The molecule has 1 atom stereocenters. The molecule has 4 aromatic rings. The van der Waals surface area contributed by atoms with E-state index in [2.05, 4.69) is 59.1 Å². The van der Waals surface area contributed by atoms with E-state index in [0.29, 0.717) is 18.4 Å². The molecule has 2 aromatic heterocycles. The number of carbonyl (C=O) groups is 1. The Morgan fingerprint density at radius 1 is 1.12 bits per heavy atom. The summed E-state index contributed by atoms with van der Waals surface area (Å²) in [5.74, 6) is 1.88. The quantitative estimate of drug-likeness (QED) is 0.439. The van der Waals surface area contributed by atoms with Gasteiger partial charge >= 0.3 is 0 Å². The first-order valence-corrected chi connectivity index (χ1v) is 11.4. The zero-order chi connectivity index (χ0) is 23.1. The Labute approximate surface area is 194 Å². The van der Waals surface area contributed by atoms with Crippen molar-refractivity contribution in [2.24, 2.45) is 0 Å². The first-order chi connectivity index (χ1) is 15.9. The highest BCUT2D eigenvalue weighted by Crippen LogP contribution is 2.33. The molecule has 0 amide bonds. The Kier molecular flexibility index (Phi) is 5.46. The second-order valence-corrected chi connectivity index (χ2v) is 9.09. The highest BCUT2D eigenvalue weighted by atomic mass is 16.1. The molecule has 6 heteroatoms. The summed E-state index contributed by atoms with van der Waals surface area (Å²) in [4.78, 5) is 24.6. The summed E-state index contributed by atoms with van der Waals surface area (Å²) in [5, 5.41) is 4.52. The van der Waals surface area contributed by atoms with Gasteiger partial charge in [-0.15, -0.1) is 0 Å². The highest BCUT2D eigenvalue weighted by Gasteiger charge is 2.27. The van der Waals surface area contributed by atoms with Crippen LogP contribution in [0.5, 0.6) is 0 Å². The minimum absolute atomic E-state index is 0.0611. The fraction of sp³-hybridized carbons (Fsp3) is 0.296. The van der Waals surface area contributed by atoms with Crippen molar-refractivity contribution in [3.8, 4) is 5.95 Å². The number of nitrogens with zero attached hydrogens (tertiary/aromatic N) is 4. The van der Waals surface area contributed by atoms with Gasteiger partial charge in [0.2, 0.25) is 5.95 Å². The number of nitrogens with one attached hydrogen (secondary N) is 1. The topological polar surface area (TPSA) is 63.1 Å². The van der Waals surface area contributed by atoms with Gasteiger partial charge in [-0.2, -0.15) is 4.98 Å². The average Bonchev–Trinajstić information content (AvgIpc) is 3.14. The van der Waals surface area contributed by atoms with Gasteiger partial charge in [0, 0.05) is 47.8 Å². The van der Waals surface area contributed by atoms with Crippen molar-refractivity contribution in [2.75, 3.05) is 18.9 Å². The third-order valence-corrected chi connectivity index (χ3v) is 6.42. The summed E-state index contributed by atoms with van der Waals surface area (Å²) >= 11 is 0. The number of aromatic nitrogens is 3. The van der Waals surface area contributed by atoms with Crippen molar-refractivity contribution in [3.63, 3.8) is 0 Å². The largest absolute Gasteiger partial charge is 0.366 e. The van der Waals surface area contributed by atoms with E-state index in [1.54, 1.807) is 6.92 Å². The van der Waals surface area contributed by atoms with Gasteiger partial charge in [-0.1, -0.05) is 49.4 Å². The fourth-order valence-electron chi connectivity index (χ4n) is 4.90. The number of hydrogen-bond donors (Lipinski definition) is 1. The maximum atomic E-state index is 12.2. The number of anilines is 1. The first-order valence-electron chi connectivity index (χ1n) is 11.4. The second-order valence-electron chi connectivity index (χ2n) is 9.09. The third-order valence-electron chi connectivity index (χ3n) is 6.42. The molecule has 1 aliphatic heterocycles. The fourth-order valence-corrected chi connectivity index (χ4v) is 4.90. The van der Waals surface area contributed by atoms with Crippen LogP contribution in [0.1, 0.15) is 52.6 Å². The Balaban J connectivity index is 1.66. The molecule has 33 heavy (non-hydrogen) atoms. The van der Waals surface area contributed by atoms with Crippen LogP contribution in [0.15, 0.2) is 54.6 Å². The Hall–Kier alpha value is -3.51. The van der Waals surface area contributed by atoms with Crippen molar-refractivity contribution in [2.45, 2.75) is 39.8 Å². The van der Waals surface area contributed by atoms with E-state index >= 15 is 0 Å². The summed E-state index contributed by atoms with van der Waals surface area (Å²) in [6.07, 6.45) is 0. The van der Waals surface area contributed by atoms with Gasteiger partial charge < -0.3 is 10.2 Å². The molecular weight excluding hydrogens is 410 g/mol. The molecule has 168 valence electrons. The van der Waals surface area contributed by atoms with Gasteiger partial charge in [0.15, 0.2) is 5.78 Å². The lowest BCUT2D eigenvalue weighted by atomic mass is 9.97. The van der Waals surface area contributed by atoms with Crippen LogP contribution in [-0.4, -0.2) is 38.8 Å². The number of carbonyl (C=O) groups excluding carboxylic acids is 1. The molecule has 0 saturated heterocycles. The molecule has 0 saturated carbocycles. The van der Waals surface area contributed by atoms with Gasteiger partial charge in [-0.25, -0.2) is 4.98 Å². The van der Waals surface area contributed by atoms with Crippen LogP contribution in [0.3, 0.4) is 0 Å². The van der Waals surface area contributed by atoms with Crippen LogP contribution in [0, 0.1) is 6.92 Å². The third kappa shape index (κ3) is 3.91. The molecule has 0 fully saturated rings. The van der Waals surface area contributed by atoms with Crippen LogP contribution in [0.4, 0.5) is 5.82 Å². The summed E-state index contributed by atoms with van der Waals surface area (Å²) < 4.78 is 2.07. The summed E-state index contributed by atoms with van der Waals surface area (Å²) in [6.45, 7) is 8.35. The van der Waals surface area contributed by atoms with Crippen molar-refractivity contribution in [1.29, 1.82) is 0 Å². The minimum atomic E-state index is 0.0611. The molecule has 2 aromatic carbocycles. The number of aryl methyl sites for hydroxylation is 1. The molecule has 1 unspecified atom stereocenters. The Morgan fingerprint density at radius 2 is 1.91 bits per heavy atom. The van der Waals surface area contributed by atoms with Crippen LogP contribution in [0.25, 0.3) is 16.9 Å². The maximum absolute atomic E-state index is 12.2. The van der Waals surface area contributed by atoms with E-state index in [0.717, 1.165) is 52.3 Å². The summed E-state index contributed by atoms with van der Waals surface area (Å²) in [5.41, 5.74) is 6.15. The number of likely N-dealkylation sites (N-methyl/N-ethyl adjacent to an activating group) is 1. The number of hydrogen-bond acceptors (Lipinski definition) is 5. The average molecular weight is 440 g/mol. The lowest BCUT2D eigenvalue weighted by molar-refractivity contribution is 0.101. The number of Topliss-reactive ketones (excluding diaryl/α,β-unsaturated/α-hetero) is 1. The summed E-state index contributed by atoms with van der Waals surface area (Å²) in [7, 11) is 2.14. The van der Waals surface area contributed by atoms with E-state index in [9.17, 15) is 4.79 Å². The SMILES string of the molecule is CC(=O)c1cccc2c1cc(C)n2-c1nc(NCc2ccccc2)c2c(n1)C(C)CN(C)C2. The van der Waals surface area contributed by atoms with E-state index in [1.165, 1.54) is 5.56 Å². The Bertz CT molecular complexity index is 1340. The van der Waals surface area contributed by atoms with Crippen LogP contribution >= 0.6 is 0 Å². The molecule has 3 heterocycles. The zero-order valence-corrected chi connectivity index (χ0v) is 19.6. The van der Waals surface area contributed by atoms with Gasteiger partial charge in [0.05, 0.1) is 11.2 Å². The van der Waals surface area contributed by atoms with Crippen LogP contribution in [-0.2, 0) is 13.1 Å². The highest BCUT2D eigenvalue weighted by molar-refractivity contribution is 6.07. The number of fused-ring (bicyclic) bond motifs is 2. The van der Waals surface area contributed by atoms with Crippen molar-refractivity contribution < 1.29 is 4.79 Å². The minimum Gasteiger partial charge on any atom is -0.366 e. The lowest BCUT2D eigenvalue weighted by Gasteiger charge is -2.31. The van der Waals surface area contributed by atoms with Crippen molar-refractivity contribution in [1.82, 2.24) is 19.4 Å². The van der Waals surface area contributed by atoms with Crippen LogP contribution in [0.2, 0.25) is 0 Å².